The van der Waals surface area contributed by atoms with E-state index >= 15 is 0 Å². The van der Waals surface area contributed by atoms with Crippen LogP contribution in [0.5, 0.6) is 0 Å². The minimum atomic E-state index is -4.54. The average molecular weight is 521 g/mol. The Morgan fingerprint density at radius 3 is 1.21 bits per heavy atom. The number of hydrazone groups is 2. The zero-order valence-corrected chi connectivity index (χ0v) is 17.9. The Kier molecular flexibility index (Phi) is 11.9. The molecular formula is C18H16CoF6N6O2. The number of hydrogen-bond acceptors (Lipinski definition) is 6. The first-order chi connectivity index (χ1) is 14.8. The number of carbonyl (C=O) groups excluding carboxylic acids is 2. The molecule has 0 aliphatic heterocycles. The van der Waals surface area contributed by atoms with E-state index in [1.54, 1.807) is 10.9 Å². The van der Waals surface area contributed by atoms with Gasteiger partial charge in [0, 0.05) is 52.7 Å². The van der Waals surface area contributed by atoms with Gasteiger partial charge in [-0.2, -0.15) is 36.5 Å². The predicted octanol–water partition coefficient (Wildman–Crippen LogP) is 3.50. The Labute approximate surface area is 193 Å². The number of amides is 2. The number of nitrogens with one attached hydrogen (secondary N) is 2. The summed E-state index contributed by atoms with van der Waals surface area (Å²) < 4.78 is 72.1. The van der Waals surface area contributed by atoms with Gasteiger partial charge in [-0.15, -0.1) is 0 Å². The number of hydrogen-bond donors (Lipinski definition) is 2. The van der Waals surface area contributed by atoms with Crippen molar-refractivity contribution in [1.82, 2.24) is 20.8 Å². The Morgan fingerprint density at radius 2 is 0.970 bits per heavy atom. The summed E-state index contributed by atoms with van der Waals surface area (Å²) in [5.41, 5.74) is 1.76. The van der Waals surface area contributed by atoms with Crippen LogP contribution in [-0.2, 0) is 16.8 Å². The maximum atomic E-state index is 12.0. The van der Waals surface area contributed by atoms with Crippen molar-refractivity contribution < 1.29 is 52.7 Å². The number of nitrogens with zero attached hydrogens (tertiary/aromatic N) is 4. The summed E-state index contributed by atoms with van der Waals surface area (Å²) in [6.07, 6.45) is -3.65. The SMILES string of the molecule is C/C(=N/NC(=O)c1ccncc1)C(F)(F)F.C/C(=N/NC(=O)c1ccncc1)C(F)(F)F.[Co]. The van der Waals surface area contributed by atoms with E-state index in [4.69, 9.17) is 0 Å². The van der Waals surface area contributed by atoms with Crippen molar-refractivity contribution in [1.29, 1.82) is 0 Å². The molecule has 1 radical (unpaired) electrons. The van der Waals surface area contributed by atoms with Gasteiger partial charge in [0.15, 0.2) is 0 Å². The summed E-state index contributed by atoms with van der Waals surface area (Å²) >= 11 is 0. The van der Waals surface area contributed by atoms with Crippen molar-refractivity contribution in [2.24, 2.45) is 10.2 Å². The molecule has 0 bridgehead atoms. The second kappa shape index (κ2) is 13.3. The van der Waals surface area contributed by atoms with Gasteiger partial charge in [-0.1, -0.05) is 0 Å². The molecule has 181 valence electrons. The maximum absolute atomic E-state index is 12.0. The zero-order valence-electron chi connectivity index (χ0n) is 16.8. The summed E-state index contributed by atoms with van der Waals surface area (Å²) in [4.78, 5) is 29.9. The fraction of sp³-hybridized carbons (Fsp3) is 0.222. The van der Waals surface area contributed by atoms with Crippen molar-refractivity contribution in [3.63, 3.8) is 0 Å². The Balaban J connectivity index is 0.000000602. The normalized spacial score (nSPS) is 12.0. The van der Waals surface area contributed by atoms with Gasteiger partial charge in [-0.3, -0.25) is 19.6 Å². The van der Waals surface area contributed by atoms with E-state index in [0.29, 0.717) is 0 Å². The molecule has 0 aliphatic carbocycles. The number of halogens is 6. The van der Waals surface area contributed by atoms with Crippen LogP contribution >= 0.6 is 0 Å². The molecule has 0 aliphatic rings. The van der Waals surface area contributed by atoms with E-state index in [1.165, 1.54) is 49.1 Å². The number of carbonyl (C=O) groups is 2. The van der Waals surface area contributed by atoms with E-state index in [0.717, 1.165) is 13.8 Å². The van der Waals surface area contributed by atoms with E-state index in [1.807, 2.05) is 0 Å². The molecule has 0 fully saturated rings. The summed E-state index contributed by atoms with van der Waals surface area (Å²) in [6.45, 7) is 1.54. The van der Waals surface area contributed by atoms with Gasteiger partial charge in [0.25, 0.3) is 11.8 Å². The summed E-state index contributed by atoms with van der Waals surface area (Å²) in [7, 11) is 0. The first-order valence-corrected chi connectivity index (χ1v) is 8.46. The average Bonchev–Trinajstić information content (AvgIpc) is 2.75. The maximum Gasteiger partial charge on any atom is 0.430 e. The fourth-order valence-electron chi connectivity index (χ4n) is 1.53. The summed E-state index contributed by atoms with van der Waals surface area (Å²) in [6, 6.07) is 5.48. The molecule has 33 heavy (non-hydrogen) atoms. The van der Waals surface area contributed by atoms with Crippen LogP contribution in [0.3, 0.4) is 0 Å². The zero-order chi connectivity index (χ0) is 24.4. The van der Waals surface area contributed by atoms with Crippen LogP contribution in [0.1, 0.15) is 34.6 Å². The first-order valence-electron chi connectivity index (χ1n) is 8.46. The quantitative estimate of drug-likeness (QED) is 0.365. The molecule has 0 spiro atoms. The second-order valence-electron chi connectivity index (χ2n) is 5.74. The van der Waals surface area contributed by atoms with Gasteiger partial charge in [-0.25, -0.2) is 10.9 Å². The third-order valence-corrected chi connectivity index (χ3v) is 3.36. The van der Waals surface area contributed by atoms with E-state index in [2.05, 4.69) is 20.2 Å². The molecule has 0 saturated heterocycles. The van der Waals surface area contributed by atoms with Crippen LogP contribution in [0.2, 0.25) is 0 Å². The van der Waals surface area contributed by atoms with Crippen molar-refractivity contribution in [3.8, 4) is 0 Å². The predicted molar refractivity (Wildman–Crippen MR) is 102 cm³/mol. The smallest absolute Gasteiger partial charge is 0.267 e. The molecule has 8 nitrogen and oxygen atoms in total. The second-order valence-corrected chi connectivity index (χ2v) is 5.74. The van der Waals surface area contributed by atoms with Crippen molar-refractivity contribution >= 4 is 23.2 Å². The molecule has 2 aromatic heterocycles. The van der Waals surface area contributed by atoms with Crippen LogP contribution in [0.25, 0.3) is 0 Å². The van der Waals surface area contributed by atoms with Crippen molar-refractivity contribution in [2.45, 2.75) is 26.2 Å². The van der Waals surface area contributed by atoms with Crippen LogP contribution < -0.4 is 10.9 Å². The largest absolute Gasteiger partial charge is 0.430 e. The van der Waals surface area contributed by atoms with Gasteiger partial charge < -0.3 is 0 Å². The third kappa shape index (κ3) is 11.2. The number of aromatic nitrogens is 2. The van der Waals surface area contributed by atoms with Crippen LogP contribution in [0.15, 0.2) is 59.3 Å². The molecule has 0 atom stereocenters. The standard InChI is InChI=1S/2C9H8F3N3O.Co/c2*1-6(9(10,11)12)14-15-8(16)7-2-4-13-5-3-7;/h2*2-5H,1H3,(H,15,16);/b2*14-6-;. The molecule has 2 N–H and O–H groups in total. The molecular weight excluding hydrogens is 505 g/mol. The van der Waals surface area contributed by atoms with Gasteiger partial charge in [0.2, 0.25) is 0 Å². The molecule has 15 heteroatoms. The molecule has 2 heterocycles. The van der Waals surface area contributed by atoms with Gasteiger partial charge >= 0.3 is 12.4 Å². The minimum Gasteiger partial charge on any atom is -0.267 e. The van der Waals surface area contributed by atoms with Crippen molar-refractivity contribution in [2.75, 3.05) is 0 Å². The first kappa shape index (κ1) is 29.7. The van der Waals surface area contributed by atoms with Crippen LogP contribution in [0, 0.1) is 0 Å². The monoisotopic (exact) mass is 521 g/mol. The Morgan fingerprint density at radius 1 is 0.697 bits per heavy atom. The van der Waals surface area contributed by atoms with Gasteiger partial charge in [-0.05, 0) is 38.1 Å². The topological polar surface area (TPSA) is 109 Å². The van der Waals surface area contributed by atoms with Crippen molar-refractivity contribution in [3.05, 3.63) is 60.2 Å². The molecule has 0 aromatic carbocycles. The van der Waals surface area contributed by atoms with Gasteiger partial charge in [0.05, 0.1) is 0 Å². The van der Waals surface area contributed by atoms with Crippen LogP contribution in [0.4, 0.5) is 26.3 Å². The fourth-order valence-corrected chi connectivity index (χ4v) is 1.53. The number of pyridine rings is 2. The number of alkyl halides is 6. The Hall–Kier alpha value is -3.33. The van der Waals surface area contributed by atoms with E-state index in [-0.39, 0.29) is 27.9 Å². The molecule has 2 amide bonds. The summed E-state index contributed by atoms with van der Waals surface area (Å²) in [5, 5.41) is 5.89. The van der Waals surface area contributed by atoms with E-state index in [9.17, 15) is 35.9 Å². The summed E-state index contributed by atoms with van der Waals surface area (Å²) in [5.74, 6) is -1.43. The molecule has 2 rings (SSSR count). The minimum absolute atomic E-state index is 0. The molecule has 0 unspecified atom stereocenters. The third-order valence-electron chi connectivity index (χ3n) is 3.36. The molecule has 0 saturated carbocycles. The molecule has 2 aromatic rings. The van der Waals surface area contributed by atoms with Gasteiger partial charge in [0.1, 0.15) is 11.4 Å². The Bertz CT molecular complexity index is 886. The van der Waals surface area contributed by atoms with Crippen LogP contribution in [-0.4, -0.2) is 45.6 Å². The number of rotatable bonds is 4. The van der Waals surface area contributed by atoms with E-state index < -0.39 is 35.6 Å².